The molecule has 0 aliphatic carbocycles. The van der Waals surface area contributed by atoms with Gasteiger partial charge in [-0.3, -0.25) is 0 Å². The second-order valence-corrected chi connectivity index (χ2v) is 5.14. The lowest BCUT2D eigenvalue weighted by Crippen LogP contribution is -1.92. The summed E-state index contributed by atoms with van der Waals surface area (Å²) in [4.78, 5) is 0. The number of nitrogens with zero attached hydrogens (tertiary/aromatic N) is 1. The minimum Gasteiger partial charge on any atom is -0.355 e. The fourth-order valence-corrected chi connectivity index (χ4v) is 2.21. The number of nitrogens with one attached hydrogen (secondary N) is 1. The second kappa shape index (κ2) is 6.98. The summed E-state index contributed by atoms with van der Waals surface area (Å²) in [6, 6.07) is 15.8. The predicted molar refractivity (Wildman–Crippen MR) is 84.5 cm³/mol. The predicted octanol–water partition coefficient (Wildman–Crippen LogP) is 5.30. The Labute approximate surface area is 125 Å². The van der Waals surface area contributed by atoms with Gasteiger partial charge in [-0.15, -0.1) is 0 Å². The third-order valence-electron chi connectivity index (χ3n) is 3.15. The molecule has 1 N–H and O–H groups in total. The molecular formula is C17H17ClN2. The summed E-state index contributed by atoms with van der Waals surface area (Å²) in [5.74, 6) is 0. The normalized spacial score (nSPS) is 10.1. The van der Waals surface area contributed by atoms with Gasteiger partial charge in [0.15, 0.2) is 0 Å². The maximum Gasteiger partial charge on any atom is 0.101 e. The number of nitriles is 1. The Morgan fingerprint density at radius 2 is 1.80 bits per heavy atom. The summed E-state index contributed by atoms with van der Waals surface area (Å²) < 4.78 is 0. The lowest BCUT2D eigenvalue weighted by atomic mass is 10.1. The van der Waals surface area contributed by atoms with E-state index in [1.54, 1.807) is 12.1 Å². The van der Waals surface area contributed by atoms with Gasteiger partial charge in [-0.2, -0.15) is 5.26 Å². The summed E-state index contributed by atoms with van der Waals surface area (Å²) in [7, 11) is 0. The molecule has 3 heteroatoms. The van der Waals surface area contributed by atoms with E-state index in [4.69, 9.17) is 16.9 Å². The highest BCUT2D eigenvalue weighted by atomic mass is 35.5. The highest BCUT2D eigenvalue weighted by molar-refractivity contribution is 6.32. The molecule has 20 heavy (non-hydrogen) atoms. The highest BCUT2D eigenvalue weighted by Crippen LogP contribution is 2.23. The Hall–Kier alpha value is -1.98. The molecule has 0 radical (unpaired) electrons. The fraction of sp³-hybridized carbons (Fsp3) is 0.235. The average molecular weight is 285 g/mol. The van der Waals surface area contributed by atoms with Gasteiger partial charge in [0, 0.05) is 11.4 Å². The SMILES string of the molecule is CCCCc1ccc(Nc2ccc(C#N)c(Cl)c2)cc1. The zero-order valence-corrected chi connectivity index (χ0v) is 12.2. The van der Waals surface area contributed by atoms with Crippen LogP contribution < -0.4 is 5.32 Å². The van der Waals surface area contributed by atoms with Crippen molar-refractivity contribution in [3.8, 4) is 6.07 Å². The zero-order chi connectivity index (χ0) is 14.4. The molecule has 0 atom stereocenters. The van der Waals surface area contributed by atoms with E-state index < -0.39 is 0 Å². The molecule has 0 heterocycles. The van der Waals surface area contributed by atoms with Crippen LogP contribution in [0, 0.1) is 11.3 Å². The van der Waals surface area contributed by atoms with Crippen LogP contribution in [-0.2, 0) is 6.42 Å². The van der Waals surface area contributed by atoms with E-state index in [0.29, 0.717) is 10.6 Å². The molecule has 0 aliphatic rings. The lowest BCUT2D eigenvalue weighted by molar-refractivity contribution is 0.795. The number of benzene rings is 2. The maximum atomic E-state index is 8.85. The molecule has 2 rings (SSSR count). The first-order valence-corrected chi connectivity index (χ1v) is 7.16. The maximum absolute atomic E-state index is 8.85. The molecule has 0 amide bonds. The van der Waals surface area contributed by atoms with E-state index in [2.05, 4.69) is 42.6 Å². The van der Waals surface area contributed by atoms with E-state index in [0.717, 1.165) is 17.8 Å². The summed E-state index contributed by atoms with van der Waals surface area (Å²) in [6.45, 7) is 2.20. The van der Waals surface area contributed by atoms with Crippen molar-refractivity contribution in [1.29, 1.82) is 5.26 Å². The molecule has 0 saturated carbocycles. The Bertz CT molecular complexity index is 612. The van der Waals surface area contributed by atoms with Gasteiger partial charge < -0.3 is 5.32 Å². The van der Waals surface area contributed by atoms with Gasteiger partial charge in [0.2, 0.25) is 0 Å². The lowest BCUT2D eigenvalue weighted by Gasteiger charge is -2.08. The van der Waals surface area contributed by atoms with Crippen molar-refractivity contribution < 1.29 is 0 Å². The van der Waals surface area contributed by atoms with Crippen molar-refractivity contribution in [2.75, 3.05) is 5.32 Å². The van der Waals surface area contributed by atoms with Crippen molar-refractivity contribution in [2.45, 2.75) is 26.2 Å². The van der Waals surface area contributed by atoms with Crippen LogP contribution in [0.15, 0.2) is 42.5 Å². The topological polar surface area (TPSA) is 35.8 Å². The molecule has 0 saturated heterocycles. The largest absolute Gasteiger partial charge is 0.355 e. The Balaban J connectivity index is 2.06. The summed E-state index contributed by atoms with van der Waals surface area (Å²) in [6.07, 6.45) is 3.56. The van der Waals surface area contributed by atoms with Gasteiger partial charge >= 0.3 is 0 Å². The molecule has 2 nitrogen and oxygen atoms in total. The first kappa shape index (κ1) is 14.4. The van der Waals surface area contributed by atoms with Gasteiger partial charge in [-0.25, -0.2) is 0 Å². The molecule has 2 aromatic carbocycles. The molecule has 0 unspecified atom stereocenters. The average Bonchev–Trinajstić information content (AvgIpc) is 2.47. The van der Waals surface area contributed by atoms with E-state index in [9.17, 15) is 0 Å². The molecule has 0 aliphatic heterocycles. The molecule has 0 spiro atoms. The third-order valence-corrected chi connectivity index (χ3v) is 3.46. The number of hydrogen-bond acceptors (Lipinski definition) is 2. The summed E-state index contributed by atoms with van der Waals surface area (Å²) in [5.41, 5.74) is 3.75. The quantitative estimate of drug-likeness (QED) is 0.809. The number of halogens is 1. The van der Waals surface area contributed by atoms with Crippen LogP contribution in [0.25, 0.3) is 0 Å². The minimum absolute atomic E-state index is 0.470. The van der Waals surface area contributed by atoms with E-state index in [-0.39, 0.29) is 0 Å². The Kier molecular flexibility index (Phi) is 5.03. The molecule has 0 fully saturated rings. The van der Waals surface area contributed by atoms with Crippen LogP contribution in [-0.4, -0.2) is 0 Å². The van der Waals surface area contributed by atoms with Crippen LogP contribution in [0.2, 0.25) is 5.02 Å². The van der Waals surface area contributed by atoms with Crippen LogP contribution in [0.5, 0.6) is 0 Å². The highest BCUT2D eigenvalue weighted by Gasteiger charge is 2.01. The van der Waals surface area contributed by atoms with Gasteiger partial charge in [0.1, 0.15) is 6.07 Å². The zero-order valence-electron chi connectivity index (χ0n) is 11.5. The molecular weight excluding hydrogens is 268 g/mol. The minimum atomic E-state index is 0.470. The molecule has 2 aromatic rings. The molecule has 102 valence electrons. The van der Waals surface area contributed by atoms with Crippen molar-refractivity contribution in [3.63, 3.8) is 0 Å². The first-order valence-electron chi connectivity index (χ1n) is 6.78. The smallest absolute Gasteiger partial charge is 0.101 e. The Morgan fingerprint density at radius 1 is 1.10 bits per heavy atom. The number of anilines is 2. The van der Waals surface area contributed by atoms with Crippen molar-refractivity contribution >= 4 is 23.0 Å². The molecule has 0 aromatic heterocycles. The Morgan fingerprint density at radius 3 is 2.40 bits per heavy atom. The first-order chi connectivity index (χ1) is 9.72. The summed E-state index contributed by atoms with van der Waals surface area (Å²) >= 11 is 6.02. The van der Waals surface area contributed by atoms with Crippen LogP contribution in [0.3, 0.4) is 0 Å². The number of rotatable bonds is 5. The standard InChI is InChI=1S/C17H17ClN2/c1-2-3-4-13-5-8-15(9-6-13)20-16-10-7-14(12-19)17(18)11-16/h5-11,20H,2-4H2,1H3. The van der Waals surface area contributed by atoms with Crippen molar-refractivity contribution in [3.05, 3.63) is 58.6 Å². The number of hydrogen-bond donors (Lipinski definition) is 1. The van der Waals surface area contributed by atoms with E-state index in [1.807, 2.05) is 6.07 Å². The third kappa shape index (κ3) is 3.76. The molecule has 0 bridgehead atoms. The second-order valence-electron chi connectivity index (χ2n) is 4.73. The number of aryl methyl sites for hydroxylation is 1. The van der Waals surface area contributed by atoms with Gasteiger partial charge in [0.05, 0.1) is 10.6 Å². The van der Waals surface area contributed by atoms with Crippen molar-refractivity contribution in [2.24, 2.45) is 0 Å². The van der Waals surface area contributed by atoms with Gasteiger partial charge in [0.25, 0.3) is 0 Å². The summed E-state index contributed by atoms with van der Waals surface area (Å²) in [5, 5.41) is 12.6. The fourth-order valence-electron chi connectivity index (χ4n) is 1.99. The van der Waals surface area contributed by atoms with Gasteiger partial charge in [-0.1, -0.05) is 37.1 Å². The monoisotopic (exact) mass is 284 g/mol. The van der Waals surface area contributed by atoms with Gasteiger partial charge in [-0.05, 0) is 48.7 Å². The number of unbranched alkanes of at least 4 members (excludes halogenated alkanes) is 1. The van der Waals surface area contributed by atoms with E-state index >= 15 is 0 Å². The van der Waals surface area contributed by atoms with Crippen LogP contribution >= 0.6 is 11.6 Å². The van der Waals surface area contributed by atoms with E-state index in [1.165, 1.54) is 18.4 Å². The van der Waals surface area contributed by atoms with Crippen molar-refractivity contribution in [1.82, 2.24) is 0 Å². The van der Waals surface area contributed by atoms with Crippen LogP contribution in [0.1, 0.15) is 30.9 Å². The van der Waals surface area contributed by atoms with Crippen LogP contribution in [0.4, 0.5) is 11.4 Å².